The highest BCUT2D eigenvalue weighted by atomic mass is 79.9. The number of carbonyl (C=O) groups excluding carboxylic acids is 1. The van der Waals surface area contributed by atoms with Crippen molar-refractivity contribution < 1.29 is 4.79 Å². The van der Waals surface area contributed by atoms with Gasteiger partial charge in [0.2, 0.25) is 5.91 Å². The molecule has 0 spiro atoms. The molecule has 1 unspecified atom stereocenters. The Morgan fingerprint density at radius 1 is 1.56 bits per heavy atom. The average molecular weight is 285 g/mol. The van der Waals surface area contributed by atoms with E-state index in [2.05, 4.69) is 15.9 Å². The molecule has 1 rings (SSSR count). The Morgan fingerprint density at radius 2 is 2.19 bits per heavy atom. The molecular formula is C12H17BrN2O. The number of hydrogen-bond acceptors (Lipinski definition) is 2. The highest BCUT2D eigenvalue weighted by Gasteiger charge is 2.14. The van der Waals surface area contributed by atoms with E-state index >= 15 is 0 Å². The highest BCUT2D eigenvalue weighted by Crippen LogP contribution is 2.24. The first-order chi connectivity index (χ1) is 7.41. The maximum absolute atomic E-state index is 11.8. The second kappa shape index (κ2) is 5.46. The number of hydrogen-bond donors (Lipinski definition) is 1. The number of carbonyl (C=O) groups is 1. The first-order valence-electron chi connectivity index (χ1n) is 5.20. The first-order valence-corrected chi connectivity index (χ1v) is 5.99. The van der Waals surface area contributed by atoms with E-state index in [1.807, 2.05) is 32.0 Å². The van der Waals surface area contributed by atoms with Gasteiger partial charge in [-0.3, -0.25) is 4.79 Å². The van der Waals surface area contributed by atoms with Gasteiger partial charge >= 0.3 is 0 Å². The summed E-state index contributed by atoms with van der Waals surface area (Å²) in [5.74, 6) is 0.0381. The normalized spacial score (nSPS) is 12.3. The van der Waals surface area contributed by atoms with Crippen LogP contribution in [0, 0.1) is 6.92 Å². The van der Waals surface area contributed by atoms with Crippen LogP contribution in [0.4, 0.5) is 5.69 Å². The van der Waals surface area contributed by atoms with Crippen LogP contribution in [-0.4, -0.2) is 19.0 Å². The molecule has 1 atom stereocenters. The van der Waals surface area contributed by atoms with E-state index < -0.39 is 0 Å². The Kier molecular flexibility index (Phi) is 4.50. The number of amides is 1. The molecule has 2 N–H and O–H groups in total. The van der Waals surface area contributed by atoms with Gasteiger partial charge in [0, 0.05) is 29.7 Å². The summed E-state index contributed by atoms with van der Waals surface area (Å²) in [6.07, 6.45) is 0.364. The highest BCUT2D eigenvalue weighted by molar-refractivity contribution is 9.10. The number of nitrogens with zero attached hydrogens (tertiary/aromatic N) is 1. The minimum absolute atomic E-state index is 0.0381. The van der Waals surface area contributed by atoms with E-state index in [-0.39, 0.29) is 11.9 Å². The molecule has 88 valence electrons. The summed E-state index contributed by atoms with van der Waals surface area (Å²) in [7, 11) is 1.78. The van der Waals surface area contributed by atoms with Gasteiger partial charge in [0.25, 0.3) is 0 Å². The van der Waals surface area contributed by atoms with Crippen LogP contribution in [0.25, 0.3) is 0 Å². The van der Waals surface area contributed by atoms with Gasteiger partial charge in [0.1, 0.15) is 0 Å². The molecule has 3 nitrogen and oxygen atoms in total. The molecular weight excluding hydrogens is 268 g/mol. The summed E-state index contributed by atoms with van der Waals surface area (Å²) in [5.41, 5.74) is 7.61. The molecule has 4 heteroatoms. The molecule has 0 aliphatic carbocycles. The van der Waals surface area contributed by atoms with Crippen molar-refractivity contribution in [3.05, 3.63) is 28.2 Å². The Morgan fingerprint density at radius 3 is 2.75 bits per heavy atom. The van der Waals surface area contributed by atoms with Gasteiger partial charge in [-0.1, -0.05) is 22.0 Å². The smallest absolute Gasteiger partial charge is 0.228 e. The molecule has 0 bridgehead atoms. The van der Waals surface area contributed by atoms with Crippen LogP contribution in [-0.2, 0) is 4.79 Å². The SMILES string of the molecule is Cc1ccc(Br)cc1N(C)C(=O)CC(C)N. The molecule has 0 fully saturated rings. The third-order valence-electron chi connectivity index (χ3n) is 2.40. The van der Waals surface area contributed by atoms with Crippen LogP contribution < -0.4 is 10.6 Å². The fourth-order valence-corrected chi connectivity index (χ4v) is 1.84. The molecule has 0 saturated carbocycles. The van der Waals surface area contributed by atoms with Gasteiger partial charge < -0.3 is 10.6 Å². The van der Waals surface area contributed by atoms with Gasteiger partial charge in [0.15, 0.2) is 0 Å². The lowest BCUT2D eigenvalue weighted by Gasteiger charge is -2.20. The molecule has 1 amide bonds. The summed E-state index contributed by atoms with van der Waals surface area (Å²) < 4.78 is 0.966. The van der Waals surface area contributed by atoms with E-state index in [0.29, 0.717) is 6.42 Å². The zero-order chi connectivity index (χ0) is 12.3. The lowest BCUT2D eigenvalue weighted by Crippen LogP contribution is -2.32. The van der Waals surface area contributed by atoms with Crippen LogP contribution in [0.1, 0.15) is 18.9 Å². The lowest BCUT2D eigenvalue weighted by molar-refractivity contribution is -0.118. The second-order valence-corrected chi connectivity index (χ2v) is 4.98. The van der Waals surface area contributed by atoms with Crippen molar-refractivity contribution >= 4 is 27.5 Å². The number of nitrogens with two attached hydrogens (primary N) is 1. The number of benzene rings is 1. The van der Waals surface area contributed by atoms with Crippen molar-refractivity contribution in [1.29, 1.82) is 0 Å². The number of aryl methyl sites for hydroxylation is 1. The van der Waals surface area contributed by atoms with Gasteiger partial charge in [-0.15, -0.1) is 0 Å². The van der Waals surface area contributed by atoms with Gasteiger partial charge in [-0.2, -0.15) is 0 Å². The summed E-state index contributed by atoms with van der Waals surface area (Å²) in [4.78, 5) is 13.5. The van der Waals surface area contributed by atoms with Crippen LogP contribution in [0.5, 0.6) is 0 Å². The summed E-state index contributed by atoms with van der Waals surface area (Å²) >= 11 is 3.40. The molecule has 0 radical (unpaired) electrons. The number of halogens is 1. The zero-order valence-electron chi connectivity index (χ0n) is 9.83. The summed E-state index contributed by atoms with van der Waals surface area (Å²) in [6.45, 7) is 3.82. The molecule has 0 aliphatic heterocycles. The lowest BCUT2D eigenvalue weighted by atomic mass is 10.1. The number of rotatable bonds is 3. The van der Waals surface area contributed by atoms with Gasteiger partial charge in [0.05, 0.1) is 0 Å². The Balaban J connectivity index is 2.91. The minimum atomic E-state index is -0.109. The molecule has 1 aromatic carbocycles. The predicted molar refractivity (Wildman–Crippen MR) is 70.6 cm³/mol. The van der Waals surface area contributed by atoms with Gasteiger partial charge in [-0.05, 0) is 31.5 Å². The average Bonchev–Trinajstić information content (AvgIpc) is 2.19. The van der Waals surface area contributed by atoms with Crippen LogP contribution in [0.15, 0.2) is 22.7 Å². The molecule has 0 saturated heterocycles. The topological polar surface area (TPSA) is 46.3 Å². The summed E-state index contributed by atoms with van der Waals surface area (Å²) in [6, 6.07) is 5.77. The third-order valence-corrected chi connectivity index (χ3v) is 2.90. The predicted octanol–water partition coefficient (Wildman–Crippen LogP) is 2.46. The Labute approximate surface area is 105 Å². The van der Waals surface area contributed by atoms with Crippen LogP contribution in [0.3, 0.4) is 0 Å². The Bertz CT molecular complexity index is 391. The maximum Gasteiger partial charge on any atom is 0.228 e. The maximum atomic E-state index is 11.8. The van der Waals surface area contributed by atoms with Crippen LogP contribution >= 0.6 is 15.9 Å². The van der Waals surface area contributed by atoms with Crippen molar-refractivity contribution in [2.45, 2.75) is 26.3 Å². The molecule has 16 heavy (non-hydrogen) atoms. The third kappa shape index (κ3) is 3.32. The van der Waals surface area contributed by atoms with Crippen molar-refractivity contribution in [1.82, 2.24) is 0 Å². The van der Waals surface area contributed by atoms with Crippen molar-refractivity contribution in [2.24, 2.45) is 5.73 Å². The van der Waals surface area contributed by atoms with E-state index in [1.54, 1.807) is 11.9 Å². The summed E-state index contributed by atoms with van der Waals surface area (Å²) in [5, 5.41) is 0. The fraction of sp³-hybridized carbons (Fsp3) is 0.417. The first kappa shape index (κ1) is 13.2. The minimum Gasteiger partial charge on any atom is -0.327 e. The quantitative estimate of drug-likeness (QED) is 0.927. The molecule has 1 aromatic rings. The van der Waals surface area contributed by atoms with Crippen molar-refractivity contribution in [3.8, 4) is 0 Å². The van der Waals surface area contributed by atoms with Crippen molar-refractivity contribution in [2.75, 3.05) is 11.9 Å². The van der Waals surface area contributed by atoms with E-state index in [0.717, 1.165) is 15.7 Å². The molecule has 0 aromatic heterocycles. The standard InChI is InChI=1S/C12H17BrN2O/c1-8-4-5-10(13)7-11(8)15(3)12(16)6-9(2)14/h4-5,7,9H,6,14H2,1-3H3. The molecule has 0 heterocycles. The van der Waals surface area contributed by atoms with E-state index in [1.165, 1.54) is 0 Å². The number of anilines is 1. The molecule has 0 aliphatic rings. The zero-order valence-corrected chi connectivity index (χ0v) is 11.4. The van der Waals surface area contributed by atoms with E-state index in [4.69, 9.17) is 5.73 Å². The van der Waals surface area contributed by atoms with E-state index in [9.17, 15) is 4.79 Å². The Hall–Kier alpha value is -0.870. The fourth-order valence-electron chi connectivity index (χ4n) is 1.49. The monoisotopic (exact) mass is 284 g/mol. The van der Waals surface area contributed by atoms with Crippen molar-refractivity contribution in [3.63, 3.8) is 0 Å². The largest absolute Gasteiger partial charge is 0.327 e. The second-order valence-electron chi connectivity index (χ2n) is 4.06. The van der Waals surface area contributed by atoms with Gasteiger partial charge in [-0.25, -0.2) is 0 Å². The van der Waals surface area contributed by atoms with Crippen LogP contribution in [0.2, 0.25) is 0 Å².